The Labute approximate surface area is 187 Å². The number of carbonyl (C=O) groups is 2. The van der Waals surface area contributed by atoms with E-state index in [4.69, 9.17) is 11.5 Å². The largest absolute Gasteiger partial charge is 0.399 e. The Morgan fingerprint density at radius 1 is 0.531 bits per heavy atom. The topological polar surface area (TPSA) is 86.2 Å². The fourth-order valence-corrected chi connectivity index (χ4v) is 4.38. The summed E-state index contributed by atoms with van der Waals surface area (Å²) in [6.45, 7) is 7.61. The highest BCUT2D eigenvalue weighted by Crippen LogP contribution is 2.32. The van der Waals surface area contributed by atoms with Crippen LogP contribution in [0, 0.1) is 27.7 Å². The molecule has 0 atom stereocenters. The standard InChI is InChI=1S/C28H26N2O2/c1-15-5-9-24-23(25(15)27(31)21-11-7-19(29)13-17(21)3)10-6-16(2)26(24)28(32)22-12-8-20(30)14-18(22)4/h5-14H,29-30H2,1-4H3. The number of ketones is 2. The second kappa shape index (κ2) is 7.97. The van der Waals surface area contributed by atoms with E-state index < -0.39 is 0 Å². The zero-order valence-electron chi connectivity index (χ0n) is 18.7. The third-order valence-corrected chi connectivity index (χ3v) is 6.06. The average molecular weight is 423 g/mol. The van der Waals surface area contributed by atoms with Gasteiger partial charge in [-0.3, -0.25) is 9.59 Å². The van der Waals surface area contributed by atoms with Crippen molar-refractivity contribution < 1.29 is 9.59 Å². The molecule has 0 spiro atoms. The van der Waals surface area contributed by atoms with Crippen molar-refractivity contribution >= 4 is 33.7 Å². The van der Waals surface area contributed by atoms with Crippen molar-refractivity contribution in [3.05, 3.63) is 105 Å². The van der Waals surface area contributed by atoms with E-state index in [2.05, 4.69) is 0 Å². The number of benzene rings is 4. The number of hydrogen-bond donors (Lipinski definition) is 2. The molecule has 0 heterocycles. The van der Waals surface area contributed by atoms with Crippen molar-refractivity contribution in [2.45, 2.75) is 27.7 Å². The number of nitrogens with two attached hydrogens (primary N) is 2. The highest BCUT2D eigenvalue weighted by molar-refractivity contribution is 6.23. The van der Waals surface area contributed by atoms with E-state index in [0.29, 0.717) is 33.6 Å². The lowest BCUT2D eigenvalue weighted by Gasteiger charge is -2.16. The lowest BCUT2D eigenvalue weighted by molar-refractivity contribution is 0.103. The molecule has 32 heavy (non-hydrogen) atoms. The van der Waals surface area contributed by atoms with Crippen LogP contribution in [0.15, 0.2) is 60.7 Å². The average Bonchev–Trinajstić information content (AvgIpc) is 2.73. The van der Waals surface area contributed by atoms with Gasteiger partial charge in [0.1, 0.15) is 0 Å². The molecular formula is C28H26N2O2. The molecule has 4 aromatic carbocycles. The van der Waals surface area contributed by atoms with Gasteiger partial charge in [-0.05, 0) is 97.1 Å². The number of rotatable bonds is 4. The summed E-state index contributed by atoms with van der Waals surface area (Å²) in [4.78, 5) is 27.2. The maximum Gasteiger partial charge on any atom is 0.194 e. The van der Waals surface area contributed by atoms with Gasteiger partial charge in [0.25, 0.3) is 0 Å². The van der Waals surface area contributed by atoms with Crippen LogP contribution in [0.25, 0.3) is 10.8 Å². The third kappa shape index (κ3) is 3.54. The zero-order chi connectivity index (χ0) is 23.2. The number of fused-ring (bicyclic) bond motifs is 1. The molecule has 4 nitrogen and oxygen atoms in total. The highest BCUT2D eigenvalue weighted by atomic mass is 16.1. The van der Waals surface area contributed by atoms with Crippen LogP contribution in [-0.4, -0.2) is 11.6 Å². The molecule has 0 radical (unpaired) electrons. The Hall–Kier alpha value is -3.92. The molecule has 4 heteroatoms. The summed E-state index contributed by atoms with van der Waals surface area (Å²) in [5.41, 5.74) is 18.8. The predicted octanol–water partition coefficient (Wildman–Crippen LogP) is 5.70. The Morgan fingerprint density at radius 2 is 0.906 bits per heavy atom. The molecule has 4 N–H and O–H groups in total. The molecule has 0 unspecified atom stereocenters. The van der Waals surface area contributed by atoms with Crippen LogP contribution in [0.2, 0.25) is 0 Å². The van der Waals surface area contributed by atoms with Gasteiger partial charge in [0.15, 0.2) is 11.6 Å². The first-order valence-corrected chi connectivity index (χ1v) is 10.5. The smallest absolute Gasteiger partial charge is 0.194 e. The van der Waals surface area contributed by atoms with Crippen molar-refractivity contribution in [2.24, 2.45) is 0 Å². The fourth-order valence-electron chi connectivity index (χ4n) is 4.38. The summed E-state index contributed by atoms with van der Waals surface area (Å²) in [6, 6.07) is 18.3. The molecule has 0 saturated carbocycles. The lowest BCUT2D eigenvalue weighted by atomic mass is 9.86. The van der Waals surface area contributed by atoms with Gasteiger partial charge in [0.05, 0.1) is 0 Å². The molecule has 4 aromatic rings. The van der Waals surface area contributed by atoms with E-state index in [1.165, 1.54) is 0 Å². The Bertz CT molecular complexity index is 1310. The lowest BCUT2D eigenvalue weighted by Crippen LogP contribution is -2.10. The van der Waals surface area contributed by atoms with Crippen LogP contribution in [0.1, 0.15) is 54.1 Å². The first-order chi connectivity index (χ1) is 15.2. The summed E-state index contributed by atoms with van der Waals surface area (Å²) < 4.78 is 0. The molecule has 0 aliphatic heterocycles. The van der Waals surface area contributed by atoms with Crippen LogP contribution in [-0.2, 0) is 0 Å². The van der Waals surface area contributed by atoms with E-state index in [-0.39, 0.29) is 11.6 Å². The molecular weight excluding hydrogens is 396 g/mol. The fraction of sp³-hybridized carbons (Fsp3) is 0.143. The van der Waals surface area contributed by atoms with Crippen LogP contribution in [0.4, 0.5) is 11.4 Å². The van der Waals surface area contributed by atoms with Crippen molar-refractivity contribution in [1.82, 2.24) is 0 Å². The Kier molecular flexibility index (Phi) is 5.31. The van der Waals surface area contributed by atoms with Crippen LogP contribution < -0.4 is 11.5 Å². The van der Waals surface area contributed by atoms with E-state index in [1.54, 1.807) is 36.4 Å². The summed E-state index contributed by atoms with van der Waals surface area (Å²) in [6.07, 6.45) is 0. The number of nitrogen functional groups attached to an aromatic ring is 2. The normalized spacial score (nSPS) is 11.0. The molecule has 160 valence electrons. The second-order valence-corrected chi connectivity index (χ2v) is 8.42. The number of aryl methyl sites for hydroxylation is 4. The van der Waals surface area contributed by atoms with Crippen molar-refractivity contribution in [1.29, 1.82) is 0 Å². The summed E-state index contributed by atoms with van der Waals surface area (Å²) in [5.74, 6) is -0.145. The van der Waals surface area contributed by atoms with E-state index in [9.17, 15) is 9.59 Å². The number of carbonyl (C=O) groups excluding carboxylic acids is 2. The SMILES string of the molecule is Cc1cc(N)ccc1C(=O)c1c(C)ccc2c(C(=O)c3ccc(N)cc3C)c(C)ccc12. The zero-order valence-corrected chi connectivity index (χ0v) is 18.7. The molecule has 0 fully saturated rings. The summed E-state index contributed by atoms with van der Waals surface area (Å²) in [5, 5.41) is 1.54. The molecule has 0 aliphatic rings. The minimum absolute atomic E-state index is 0.0727. The molecule has 0 aliphatic carbocycles. The third-order valence-electron chi connectivity index (χ3n) is 6.06. The number of anilines is 2. The number of hydrogen-bond acceptors (Lipinski definition) is 4. The van der Waals surface area contributed by atoms with Gasteiger partial charge in [-0.2, -0.15) is 0 Å². The minimum Gasteiger partial charge on any atom is -0.399 e. The van der Waals surface area contributed by atoms with E-state index in [1.807, 2.05) is 52.0 Å². The first-order valence-electron chi connectivity index (χ1n) is 10.5. The van der Waals surface area contributed by atoms with Gasteiger partial charge in [0.2, 0.25) is 0 Å². The molecule has 0 amide bonds. The van der Waals surface area contributed by atoms with Crippen molar-refractivity contribution in [2.75, 3.05) is 11.5 Å². The molecule has 0 saturated heterocycles. The van der Waals surface area contributed by atoms with Crippen LogP contribution >= 0.6 is 0 Å². The first kappa shape index (κ1) is 21.3. The van der Waals surface area contributed by atoms with Crippen LogP contribution in [0.3, 0.4) is 0 Å². The summed E-state index contributed by atoms with van der Waals surface area (Å²) >= 11 is 0. The minimum atomic E-state index is -0.0727. The molecule has 0 bridgehead atoms. The van der Waals surface area contributed by atoms with Gasteiger partial charge < -0.3 is 11.5 Å². The van der Waals surface area contributed by atoms with E-state index in [0.717, 1.165) is 33.0 Å². The van der Waals surface area contributed by atoms with E-state index >= 15 is 0 Å². The van der Waals surface area contributed by atoms with Gasteiger partial charge in [-0.1, -0.05) is 24.3 Å². The van der Waals surface area contributed by atoms with Gasteiger partial charge in [-0.25, -0.2) is 0 Å². The molecule has 0 aromatic heterocycles. The maximum atomic E-state index is 13.6. The van der Waals surface area contributed by atoms with Gasteiger partial charge in [-0.15, -0.1) is 0 Å². The van der Waals surface area contributed by atoms with Crippen molar-refractivity contribution in [3.63, 3.8) is 0 Å². The maximum absolute atomic E-state index is 13.6. The Balaban J connectivity index is 1.95. The van der Waals surface area contributed by atoms with Crippen LogP contribution in [0.5, 0.6) is 0 Å². The van der Waals surface area contributed by atoms with Gasteiger partial charge >= 0.3 is 0 Å². The quantitative estimate of drug-likeness (QED) is 0.326. The monoisotopic (exact) mass is 422 g/mol. The molecule has 4 rings (SSSR count). The summed E-state index contributed by atoms with van der Waals surface area (Å²) in [7, 11) is 0. The second-order valence-electron chi connectivity index (χ2n) is 8.42. The Morgan fingerprint density at radius 3 is 1.25 bits per heavy atom. The predicted molar refractivity (Wildman–Crippen MR) is 131 cm³/mol. The van der Waals surface area contributed by atoms with Gasteiger partial charge in [0, 0.05) is 33.6 Å². The van der Waals surface area contributed by atoms with Crippen molar-refractivity contribution in [3.8, 4) is 0 Å². The highest BCUT2D eigenvalue weighted by Gasteiger charge is 2.22.